The Hall–Kier alpha value is -1.25. The number of allylic oxidation sites excluding steroid dienone is 2. The molecule has 3 heteroatoms. The number of benzene rings is 1. The molecule has 1 aromatic rings. The van der Waals surface area contributed by atoms with Gasteiger partial charge in [0.2, 0.25) is 0 Å². The fourth-order valence-corrected chi connectivity index (χ4v) is 5.40. The van der Waals surface area contributed by atoms with Crippen LogP contribution >= 0.6 is 0 Å². The Morgan fingerprint density at radius 1 is 0.793 bits per heavy atom. The third-order valence-electron chi connectivity index (χ3n) is 7.27. The topological polar surface area (TPSA) is 0 Å². The van der Waals surface area contributed by atoms with Gasteiger partial charge in [-0.05, 0) is 86.2 Å². The number of hydrogen-bond acceptors (Lipinski definition) is 0. The lowest BCUT2D eigenvalue weighted by atomic mass is 9.75. The molecule has 0 spiro atoms. The second-order valence-electron chi connectivity index (χ2n) is 9.39. The van der Waals surface area contributed by atoms with Gasteiger partial charge in [-0.3, -0.25) is 0 Å². The van der Waals surface area contributed by atoms with Gasteiger partial charge in [0, 0.05) is 6.08 Å². The van der Waals surface area contributed by atoms with Crippen LogP contribution in [0.25, 0.3) is 0 Å². The van der Waals surface area contributed by atoms with E-state index in [9.17, 15) is 13.2 Å². The van der Waals surface area contributed by atoms with Crippen molar-refractivity contribution in [2.45, 2.75) is 102 Å². The Morgan fingerprint density at radius 2 is 1.31 bits per heavy atom. The van der Waals surface area contributed by atoms with Gasteiger partial charge < -0.3 is 0 Å². The molecule has 0 saturated heterocycles. The molecule has 0 heterocycles. The van der Waals surface area contributed by atoms with Crippen molar-refractivity contribution in [1.29, 1.82) is 0 Å². The number of alkyl halides is 3. The van der Waals surface area contributed by atoms with Crippen LogP contribution < -0.4 is 0 Å². The first kappa shape index (κ1) is 22.4. The highest BCUT2D eigenvalue weighted by Gasteiger charge is 2.26. The minimum atomic E-state index is -4.18. The summed E-state index contributed by atoms with van der Waals surface area (Å²) in [6.07, 6.45) is 12.2. The molecule has 2 aliphatic rings. The Labute approximate surface area is 175 Å². The van der Waals surface area contributed by atoms with Gasteiger partial charge in [-0.15, -0.1) is 0 Å². The number of unbranched alkanes of at least 4 members (excludes halogenated alkanes) is 2. The van der Waals surface area contributed by atoms with Crippen LogP contribution in [0.1, 0.15) is 107 Å². The van der Waals surface area contributed by atoms with Crippen molar-refractivity contribution in [3.63, 3.8) is 0 Å². The SMILES string of the molecule is CCCCCC1CCC(c2ccc(C3CCC(C=CC(F)(F)F)CC3)cc2)CC1. The fourth-order valence-electron chi connectivity index (χ4n) is 5.40. The molecule has 2 saturated carbocycles. The minimum absolute atomic E-state index is 0.0830. The summed E-state index contributed by atoms with van der Waals surface area (Å²) in [5.41, 5.74) is 2.86. The maximum absolute atomic E-state index is 12.3. The summed E-state index contributed by atoms with van der Waals surface area (Å²) in [5, 5.41) is 0. The Bertz CT molecular complexity index is 612. The van der Waals surface area contributed by atoms with Gasteiger partial charge in [0.25, 0.3) is 0 Å². The first-order chi connectivity index (χ1) is 13.9. The summed E-state index contributed by atoms with van der Waals surface area (Å²) in [5.74, 6) is 2.25. The molecule has 0 N–H and O–H groups in total. The zero-order valence-corrected chi connectivity index (χ0v) is 17.9. The quantitative estimate of drug-likeness (QED) is 0.313. The zero-order chi connectivity index (χ0) is 20.7. The molecule has 162 valence electrons. The van der Waals surface area contributed by atoms with Crippen LogP contribution in [0.5, 0.6) is 0 Å². The van der Waals surface area contributed by atoms with Crippen LogP contribution in [0.2, 0.25) is 0 Å². The van der Waals surface area contributed by atoms with E-state index >= 15 is 0 Å². The monoisotopic (exact) mass is 406 g/mol. The van der Waals surface area contributed by atoms with Crippen LogP contribution in [0, 0.1) is 11.8 Å². The van der Waals surface area contributed by atoms with E-state index in [0.717, 1.165) is 37.5 Å². The Balaban J connectivity index is 1.45. The van der Waals surface area contributed by atoms with Gasteiger partial charge in [0.15, 0.2) is 0 Å². The third kappa shape index (κ3) is 7.19. The predicted octanol–water partition coefficient (Wildman–Crippen LogP) is 8.93. The van der Waals surface area contributed by atoms with Crippen molar-refractivity contribution in [2.24, 2.45) is 11.8 Å². The summed E-state index contributed by atoms with van der Waals surface area (Å²) >= 11 is 0. The van der Waals surface area contributed by atoms with Crippen LogP contribution in [-0.4, -0.2) is 6.18 Å². The highest BCUT2D eigenvalue weighted by molar-refractivity contribution is 5.28. The molecule has 1 aromatic carbocycles. The average molecular weight is 407 g/mol. The molecule has 2 fully saturated rings. The molecule has 0 aliphatic heterocycles. The van der Waals surface area contributed by atoms with E-state index in [-0.39, 0.29) is 5.92 Å². The molecule has 0 bridgehead atoms. The smallest absolute Gasteiger partial charge is 0.167 e. The second kappa shape index (κ2) is 10.7. The normalized spacial score (nSPS) is 28.7. The van der Waals surface area contributed by atoms with E-state index < -0.39 is 6.18 Å². The highest BCUT2D eigenvalue weighted by atomic mass is 19.4. The first-order valence-corrected chi connectivity index (χ1v) is 11.8. The van der Waals surface area contributed by atoms with E-state index in [4.69, 9.17) is 0 Å². The second-order valence-corrected chi connectivity index (χ2v) is 9.39. The standard InChI is InChI=1S/C26H37F3/c1-2-3-4-5-20-6-10-22(11-7-20)24-14-16-25(17-15-24)23-12-8-21(9-13-23)18-19-26(27,28)29/h14-23H,2-13H2,1H3. The summed E-state index contributed by atoms with van der Waals surface area (Å²) in [7, 11) is 0. The zero-order valence-electron chi connectivity index (χ0n) is 17.9. The van der Waals surface area contributed by atoms with Crippen LogP contribution in [-0.2, 0) is 0 Å². The third-order valence-corrected chi connectivity index (χ3v) is 7.27. The molecular weight excluding hydrogens is 369 g/mol. The van der Waals surface area contributed by atoms with E-state index in [0.29, 0.717) is 12.0 Å². The van der Waals surface area contributed by atoms with Crippen molar-refractivity contribution in [3.8, 4) is 0 Å². The summed E-state index contributed by atoms with van der Waals surface area (Å²) in [6, 6.07) is 9.23. The van der Waals surface area contributed by atoms with Crippen molar-refractivity contribution >= 4 is 0 Å². The van der Waals surface area contributed by atoms with Crippen molar-refractivity contribution in [2.75, 3.05) is 0 Å². The van der Waals surface area contributed by atoms with Crippen LogP contribution in [0.15, 0.2) is 36.4 Å². The molecule has 3 rings (SSSR count). The Kier molecular flexibility index (Phi) is 8.26. The maximum atomic E-state index is 12.3. The highest BCUT2D eigenvalue weighted by Crippen LogP contribution is 2.40. The van der Waals surface area contributed by atoms with Gasteiger partial charge in [0.05, 0.1) is 0 Å². The minimum Gasteiger partial charge on any atom is -0.167 e. The lowest BCUT2D eigenvalue weighted by Gasteiger charge is -2.30. The summed E-state index contributed by atoms with van der Waals surface area (Å²) < 4.78 is 37.0. The molecule has 29 heavy (non-hydrogen) atoms. The van der Waals surface area contributed by atoms with Gasteiger partial charge in [-0.25, -0.2) is 0 Å². The molecule has 2 aliphatic carbocycles. The number of hydrogen-bond donors (Lipinski definition) is 0. The first-order valence-electron chi connectivity index (χ1n) is 11.8. The van der Waals surface area contributed by atoms with Gasteiger partial charge in [-0.2, -0.15) is 13.2 Å². The molecular formula is C26H37F3. The van der Waals surface area contributed by atoms with Crippen LogP contribution in [0.3, 0.4) is 0 Å². The molecule has 0 atom stereocenters. The predicted molar refractivity (Wildman–Crippen MR) is 115 cm³/mol. The molecule has 0 aromatic heterocycles. The van der Waals surface area contributed by atoms with E-state index in [2.05, 4.69) is 31.2 Å². The van der Waals surface area contributed by atoms with E-state index in [1.807, 2.05) is 0 Å². The molecule has 0 amide bonds. The average Bonchev–Trinajstić information content (AvgIpc) is 2.73. The maximum Gasteiger partial charge on any atom is 0.409 e. The Morgan fingerprint density at radius 3 is 1.79 bits per heavy atom. The summed E-state index contributed by atoms with van der Waals surface area (Å²) in [4.78, 5) is 0. The van der Waals surface area contributed by atoms with Gasteiger partial charge in [0.1, 0.15) is 0 Å². The lowest BCUT2D eigenvalue weighted by molar-refractivity contribution is -0.0803. The summed E-state index contributed by atoms with van der Waals surface area (Å²) in [6.45, 7) is 2.28. The molecule has 0 radical (unpaired) electrons. The number of rotatable bonds is 7. The molecule has 0 nitrogen and oxygen atoms in total. The number of halogens is 3. The fraction of sp³-hybridized carbons (Fsp3) is 0.692. The van der Waals surface area contributed by atoms with Gasteiger partial charge >= 0.3 is 6.18 Å². The van der Waals surface area contributed by atoms with Crippen molar-refractivity contribution in [1.82, 2.24) is 0 Å². The lowest BCUT2D eigenvalue weighted by Crippen LogP contribution is -2.14. The van der Waals surface area contributed by atoms with Crippen LogP contribution in [0.4, 0.5) is 13.2 Å². The largest absolute Gasteiger partial charge is 0.409 e. The molecule has 0 unspecified atom stereocenters. The van der Waals surface area contributed by atoms with E-state index in [1.165, 1.54) is 68.6 Å². The van der Waals surface area contributed by atoms with E-state index in [1.54, 1.807) is 0 Å². The van der Waals surface area contributed by atoms with Gasteiger partial charge in [-0.1, -0.05) is 62.9 Å². The van der Waals surface area contributed by atoms with Crippen molar-refractivity contribution in [3.05, 3.63) is 47.5 Å². The van der Waals surface area contributed by atoms with Crippen molar-refractivity contribution < 1.29 is 13.2 Å².